The van der Waals surface area contributed by atoms with Crippen LogP contribution < -0.4 is 5.32 Å². The van der Waals surface area contributed by atoms with E-state index in [0.717, 1.165) is 33.9 Å². The summed E-state index contributed by atoms with van der Waals surface area (Å²) in [6.45, 7) is 6.11. The van der Waals surface area contributed by atoms with Gasteiger partial charge in [0.2, 0.25) is 0 Å². The maximum absolute atomic E-state index is 13.1. The van der Waals surface area contributed by atoms with E-state index in [2.05, 4.69) is 48.0 Å². The Bertz CT molecular complexity index is 1160. The highest BCUT2D eigenvalue weighted by Crippen LogP contribution is 2.30. The highest BCUT2D eigenvalue weighted by Gasteiger charge is 2.19. The van der Waals surface area contributed by atoms with E-state index in [-0.39, 0.29) is 5.91 Å². The molecule has 1 aromatic heterocycles. The molecule has 0 spiro atoms. The fourth-order valence-corrected chi connectivity index (χ4v) is 3.59. The molecule has 0 aliphatic rings. The Labute approximate surface area is 171 Å². The van der Waals surface area contributed by atoms with Crippen LogP contribution in [-0.2, 0) is 0 Å². The molecule has 0 aliphatic heterocycles. The summed E-state index contributed by atoms with van der Waals surface area (Å²) in [6.07, 6.45) is 0. The number of carbonyl (C=O) groups is 1. The Morgan fingerprint density at radius 1 is 0.759 bits per heavy atom. The van der Waals surface area contributed by atoms with Crippen LogP contribution in [-0.4, -0.2) is 10.5 Å². The van der Waals surface area contributed by atoms with E-state index in [1.54, 1.807) is 0 Å². The number of benzene rings is 3. The third-order valence-corrected chi connectivity index (χ3v) is 5.34. The van der Waals surface area contributed by atoms with Crippen molar-refractivity contribution in [2.75, 3.05) is 5.32 Å². The van der Waals surface area contributed by atoms with Gasteiger partial charge in [0.15, 0.2) is 0 Å². The second kappa shape index (κ2) is 7.80. The molecule has 0 unspecified atom stereocenters. The average molecular weight is 380 g/mol. The van der Waals surface area contributed by atoms with Crippen molar-refractivity contribution in [1.29, 1.82) is 0 Å². The van der Waals surface area contributed by atoms with E-state index in [1.807, 2.05) is 67.6 Å². The number of hydrogen-bond acceptors (Lipinski definition) is 1. The minimum Gasteiger partial charge on any atom is -0.322 e. The summed E-state index contributed by atoms with van der Waals surface area (Å²) in [7, 11) is 0. The fourth-order valence-electron chi connectivity index (χ4n) is 3.59. The largest absolute Gasteiger partial charge is 0.322 e. The fraction of sp³-hybridized carbons (Fsp3) is 0.115. The smallest absolute Gasteiger partial charge is 0.257 e. The van der Waals surface area contributed by atoms with Crippen molar-refractivity contribution in [3.05, 3.63) is 107 Å². The van der Waals surface area contributed by atoms with Gasteiger partial charge in [-0.15, -0.1) is 0 Å². The summed E-state index contributed by atoms with van der Waals surface area (Å²) in [5.74, 6) is -0.0994. The van der Waals surface area contributed by atoms with Gasteiger partial charge in [-0.2, -0.15) is 0 Å². The van der Waals surface area contributed by atoms with Crippen LogP contribution in [0.2, 0.25) is 0 Å². The molecule has 0 saturated carbocycles. The van der Waals surface area contributed by atoms with Gasteiger partial charge in [-0.1, -0.05) is 54.6 Å². The van der Waals surface area contributed by atoms with Gasteiger partial charge in [-0.25, -0.2) is 0 Å². The molecule has 0 saturated heterocycles. The van der Waals surface area contributed by atoms with Crippen molar-refractivity contribution < 1.29 is 4.79 Å². The minimum absolute atomic E-state index is 0.0994. The van der Waals surface area contributed by atoms with Gasteiger partial charge >= 0.3 is 0 Å². The van der Waals surface area contributed by atoms with Gasteiger partial charge in [0.25, 0.3) is 5.91 Å². The topological polar surface area (TPSA) is 34.0 Å². The quantitative estimate of drug-likeness (QED) is 0.441. The predicted octanol–water partition coefficient (Wildman–Crippen LogP) is 6.32. The Morgan fingerprint density at radius 3 is 2.07 bits per heavy atom. The monoisotopic (exact) mass is 380 g/mol. The Balaban J connectivity index is 1.79. The lowest BCUT2D eigenvalue weighted by Gasteiger charge is -2.12. The number of aryl methyl sites for hydroxylation is 2. The zero-order chi connectivity index (χ0) is 20.4. The molecule has 4 aromatic rings. The first-order valence-corrected chi connectivity index (χ1v) is 9.76. The molecule has 1 heterocycles. The van der Waals surface area contributed by atoms with Crippen LogP contribution in [0.5, 0.6) is 0 Å². The van der Waals surface area contributed by atoms with Crippen LogP contribution in [0.15, 0.2) is 84.9 Å². The number of rotatable bonds is 4. The summed E-state index contributed by atoms with van der Waals surface area (Å²) in [6, 6.07) is 28.3. The van der Waals surface area contributed by atoms with E-state index in [0.29, 0.717) is 5.56 Å². The van der Waals surface area contributed by atoms with Crippen molar-refractivity contribution in [3.8, 4) is 16.9 Å². The van der Waals surface area contributed by atoms with E-state index in [4.69, 9.17) is 0 Å². The van der Waals surface area contributed by atoms with Crippen molar-refractivity contribution in [3.63, 3.8) is 0 Å². The van der Waals surface area contributed by atoms with Crippen LogP contribution in [0, 0.1) is 20.8 Å². The molecule has 1 amide bonds. The molecule has 29 heavy (non-hydrogen) atoms. The number of aromatic nitrogens is 1. The lowest BCUT2D eigenvalue weighted by atomic mass is 10.1. The number of nitrogens with one attached hydrogen (secondary N) is 1. The average Bonchev–Trinajstić information content (AvgIpc) is 3.09. The first-order chi connectivity index (χ1) is 14.0. The lowest BCUT2D eigenvalue weighted by molar-refractivity contribution is 0.102. The van der Waals surface area contributed by atoms with E-state index in [1.165, 1.54) is 5.56 Å². The molecular formula is C26H24N2O. The third kappa shape index (κ3) is 3.72. The van der Waals surface area contributed by atoms with Gasteiger partial charge in [0.05, 0.1) is 11.3 Å². The highest BCUT2D eigenvalue weighted by atomic mass is 16.1. The summed E-state index contributed by atoms with van der Waals surface area (Å²) in [5.41, 5.74) is 7.87. The second-order valence-electron chi connectivity index (χ2n) is 7.32. The van der Waals surface area contributed by atoms with Crippen LogP contribution in [0.25, 0.3) is 16.9 Å². The van der Waals surface area contributed by atoms with Crippen LogP contribution in [0.1, 0.15) is 27.2 Å². The minimum atomic E-state index is -0.0994. The zero-order valence-electron chi connectivity index (χ0n) is 16.9. The van der Waals surface area contributed by atoms with Gasteiger partial charge in [-0.3, -0.25) is 4.79 Å². The Kier molecular flexibility index (Phi) is 5.05. The van der Waals surface area contributed by atoms with Gasteiger partial charge in [-0.05, 0) is 67.8 Å². The Hall–Kier alpha value is -3.59. The van der Waals surface area contributed by atoms with Crippen molar-refractivity contribution >= 4 is 11.6 Å². The maximum Gasteiger partial charge on any atom is 0.257 e. The van der Waals surface area contributed by atoms with Crippen LogP contribution >= 0.6 is 0 Å². The summed E-state index contributed by atoms with van der Waals surface area (Å²) >= 11 is 0. The molecule has 3 aromatic carbocycles. The SMILES string of the molecule is Cc1ccc(NC(=O)c2cc(-c3ccccc3)n(-c3ccccc3)c2C)cc1C. The summed E-state index contributed by atoms with van der Waals surface area (Å²) in [4.78, 5) is 13.1. The van der Waals surface area contributed by atoms with Gasteiger partial charge < -0.3 is 9.88 Å². The van der Waals surface area contributed by atoms with Crippen LogP contribution in [0.3, 0.4) is 0 Å². The first kappa shape index (κ1) is 18.8. The molecule has 0 fully saturated rings. The second-order valence-corrected chi connectivity index (χ2v) is 7.32. The molecule has 0 radical (unpaired) electrons. The first-order valence-electron chi connectivity index (χ1n) is 9.76. The number of amides is 1. The number of anilines is 1. The lowest BCUT2D eigenvalue weighted by Crippen LogP contribution is -2.13. The summed E-state index contributed by atoms with van der Waals surface area (Å²) in [5, 5.41) is 3.06. The number of para-hydroxylation sites is 1. The molecule has 1 N–H and O–H groups in total. The third-order valence-electron chi connectivity index (χ3n) is 5.34. The van der Waals surface area contributed by atoms with Crippen molar-refractivity contribution in [2.24, 2.45) is 0 Å². The number of nitrogens with zero attached hydrogens (tertiary/aromatic N) is 1. The van der Waals surface area contributed by atoms with Crippen molar-refractivity contribution in [2.45, 2.75) is 20.8 Å². The normalized spacial score (nSPS) is 10.7. The molecule has 3 heteroatoms. The molecule has 144 valence electrons. The molecular weight excluding hydrogens is 356 g/mol. The molecule has 0 atom stereocenters. The predicted molar refractivity (Wildman–Crippen MR) is 120 cm³/mol. The standard InChI is InChI=1S/C26H24N2O/c1-18-14-15-22(16-19(18)2)27-26(29)24-17-25(21-10-6-4-7-11-21)28(20(24)3)23-12-8-5-9-13-23/h4-17H,1-3H3,(H,27,29). The molecule has 4 rings (SSSR count). The van der Waals surface area contributed by atoms with E-state index in [9.17, 15) is 4.79 Å². The molecule has 0 bridgehead atoms. The maximum atomic E-state index is 13.1. The van der Waals surface area contributed by atoms with Gasteiger partial charge in [0, 0.05) is 17.1 Å². The highest BCUT2D eigenvalue weighted by molar-refractivity contribution is 6.06. The van der Waals surface area contributed by atoms with E-state index < -0.39 is 0 Å². The van der Waals surface area contributed by atoms with Crippen molar-refractivity contribution in [1.82, 2.24) is 4.57 Å². The number of carbonyl (C=O) groups excluding carboxylic acids is 1. The molecule has 0 aliphatic carbocycles. The van der Waals surface area contributed by atoms with E-state index >= 15 is 0 Å². The summed E-state index contributed by atoms with van der Waals surface area (Å²) < 4.78 is 2.14. The molecule has 3 nitrogen and oxygen atoms in total. The van der Waals surface area contributed by atoms with Gasteiger partial charge in [0.1, 0.15) is 0 Å². The Morgan fingerprint density at radius 2 is 1.41 bits per heavy atom. The number of hydrogen-bond donors (Lipinski definition) is 1. The zero-order valence-corrected chi connectivity index (χ0v) is 16.9. The van der Waals surface area contributed by atoms with Crippen LogP contribution in [0.4, 0.5) is 5.69 Å².